The molecule has 74 heavy (non-hydrogen) atoms. The summed E-state index contributed by atoms with van der Waals surface area (Å²) < 4.78 is 0. The van der Waals surface area contributed by atoms with E-state index in [0.717, 1.165) is 79.4 Å². The van der Waals surface area contributed by atoms with E-state index in [0.29, 0.717) is 0 Å². The van der Waals surface area contributed by atoms with Crippen LogP contribution in [0.25, 0.3) is 32.7 Å². The van der Waals surface area contributed by atoms with Crippen molar-refractivity contribution in [3.63, 3.8) is 0 Å². The van der Waals surface area contributed by atoms with Crippen molar-refractivity contribution in [1.29, 1.82) is 0 Å². The van der Waals surface area contributed by atoms with E-state index >= 15 is 0 Å². The number of anilines is 12. The Morgan fingerprint density at radius 2 is 0.473 bits per heavy atom. The van der Waals surface area contributed by atoms with Crippen LogP contribution in [0.4, 0.5) is 68.2 Å². The molecule has 12 aromatic rings. The second-order valence-corrected chi connectivity index (χ2v) is 18.8. The van der Waals surface area contributed by atoms with Crippen LogP contribution in [0.2, 0.25) is 0 Å². The number of hydrogen-bond donors (Lipinski definition) is 0. The molecule has 0 bridgehead atoms. The summed E-state index contributed by atoms with van der Waals surface area (Å²) in [5.41, 5.74) is 17.9. The maximum absolute atomic E-state index is 2.35. The molecule has 354 valence electrons. The first-order chi connectivity index (χ1) is 36.5. The molecule has 0 aliphatic carbocycles. The van der Waals surface area contributed by atoms with E-state index in [2.05, 4.69) is 325 Å². The monoisotopic (exact) mass is 950 g/mol. The van der Waals surface area contributed by atoms with Crippen LogP contribution < -0.4 is 19.6 Å². The van der Waals surface area contributed by atoms with Crippen molar-refractivity contribution in [1.82, 2.24) is 0 Å². The molecule has 0 atom stereocenters. The minimum atomic E-state index is 1.08. The van der Waals surface area contributed by atoms with E-state index in [4.69, 9.17) is 0 Å². The molecule has 4 heteroatoms. The highest BCUT2D eigenvalue weighted by molar-refractivity contribution is 6.00. The van der Waals surface area contributed by atoms with Crippen molar-refractivity contribution in [3.8, 4) is 11.1 Å². The van der Waals surface area contributed by atoms with Gasteiger partial charge in [-0.1, -0.05) is 158 Å². The largest absolute Gasteiger partial charge is 0.310 e. The zero-order valence-electron chi connectivity index (χ0n) is 41.5. The van der Waals surface area contributed by atoms with Crippen LogP contribution in [0, 0.1) is 13.8 Å². The van der Waals surface area contributed by atoms with Crippen molar-refractivity contribution in [2.24, 2.45) is 0 Å². The lowest BCUT2D eigenvalue weighted by atomic mass is 10.0. The van der Waals surface area contributed by atoms with Crippen LogP contribution in [0.3, 0.4) is 0 Å². The molecule has 0 aromatic heterocycles. The van der Waals surface area contributed by atoms with Gasteiger partial charge >= 0.3 is 0 Å². The molecular weight excluding hydrogens is 897 g/mol. The molecular formula is C70H54N4. The molecule has 0 aliphatic heterocycles. The Bertz CT molecular complexity index is 3590. The molecule has 0 saturated heterocycles. The molecule has 0 radical (unpaired) electrons. The van der Waals surface area contributed by atoms with Crippen molar-refractivity contribution >= 4 is 89.8 Å². The number of nitrogens with zero attached hydrogens (tertiary/aromatic N) is 4. The Kier molecular flexibility index (Phi) is 12.4. The van der Waals surface area contributed by atoms with Crippen molar-refractivity contribution in [3.05, 3.63) is 302 Å². The first-order valence-electron chi connectivity index (χ1n) is 25.3. The third-order valence-electron chi connectivity index (χ3n) is 13.9. The minimum absolute atomic E-state index is 1.08. The van der Waals surface area contributed by atoms with Gasteiger partial charge in [0.1, 0.15) is 0 Å². The van der Waals surface area contributed by atoms with Crippen LogP contribution in [-0.4, -0.2) is 0 Å². The summed E-state index contributed by atoms with van der Waals surface area (Å²) in [5, 5.41) is 4.83. The Hall–Kier alpha value is -9.64. The maximum Gasteiger partial charge on any atom is 0.0540 e. The number of hydrogen-bond acceptors (Lipinski definition) is 4. The highest BCUT2D eigenvalue weighted by Crippen LogP contribution is 2.44. The quantitative estimate of drug-likeness (QED) is 0.114. The topological polar surface area (TPSA) is 13.0 Å². The molecule has 0 fully saturated rings. The van der Waals surface area contributed by atoms with Crippen LogP contribution in [-0.2, 0) is 0 Å². The molecule has 0 heterocycles. The number of fused-ring (bicyclic) bond motifs is 2. The second-order valence-electron chi connectivity index (χ2n) is 18.8. The van der Waals surface area contributed by atoms with E-state index in [1.54, 1.807) is 0 Å². The predicted molar refractivity (Wildman–Crippen MR) is 315 cm³/mol. The minimum Gasteiger partial charge on any atom is -0.310 e. The van der Waals surface area contributed by atoms with Gasteiger partial charge in [0.2, 0.25) is 0 Å². The Labute approximate surface area is 434 Å². The first-order valence-corrected chi connectivity index (χ1v) is 25.3. The molecule has 0 amide bonds. The molecule has 12 aromatic carbocycles. The van der Waals surface area contributed by atoms with Crippen molar-refractivity contribution in [2.75, 3.05) is 19.6 Å². The third-order valence-corrected chi connectivity index (χ3v) is 13.9. The lowest BCUT2D eigenvalue weighted by Crippen LogP contribution is -2.12. The fourth-order valence-corrected chi connectivity index (χ4v) is 10.4. The number of para-hydroxylation sites is 2. The van der Waals surface area contributed by atoms with Gasteiger partial charge in [0.25, 0.3) is 0 Å². The van der Waals surface area contributed by atoms with Gasteiger partial charge in [-0.25, -0.2) is 0 Å². The summed E-state index contributed by atoms with van der Waals surface area (Å²) in [6.07, 6.45) is 0. The van der Waals surface area contributed by atoms with Gasteiger partial charge in [0.15, 0.2) is 0 Å². The van der Waals surface area contributed by atoms with Gasteiger partial charge in [-0.15, -0.1) is 0 Å². The fourth-order valence-electron chi connectivity index (χ4n) is 10.4. The highest BCUT2D eigenvalue weighted by atomic mass is 15.2. The normalized spacial score (nSPS) is 11.1. The van der Waals surface area contributed by atoms with E-state index in [1.165, 1.54) is 32.7 Å². The van der Waals surface area contributed by atoms with Crippen LogP contribution in [0.5, 0.6) is 0 Å². The Morgan fingerprint density at radius 1 is 0.203 bits per heavy atom. The smallest absolute Gasteiger partial charge is 0.0540 e. The van der Waals surface area contributed by atoms with Gasteiger partial charge in [-0.05, 0) is 180 Å². The van der Waals surface area contributed by atoms with Crippen LogP contribution in [0.1, 0.15) is 11.1 Å². The second kappa shape index (κ2) is 20.2. The molecule has 0 N–H and O–H groups in total. The first kappa shape index (κ1) is 45.5. The lowest BCUT2D eigenvalue weighted by Gasteiger charge is -2.29. The van der Waals surface area contributed by atoms with Crippen molar-refractivity contribution in [2.45, 2.75) is 13.8 Å². The van der Waals surface area contributed by atoms with Gasteiger partial charge in [-0.2, -0.15) is 0 Å². The summed E-state index contributed by atoms with van der Waals surface area (Å²) in [4.78, 5) is 9.40. The molecule has 0 saturated carbocycles. The number of benzene rings is 12. The molecule has 4 nitrogen and oxygen atoms in total. The average molecular weight is 951 g/mol. The lowest BCUT2D eigenvalue weighted by molar-refractivity contribution is 1.25. The van der Waals surface area contributed by atoms with Gasteiger partial charge in [0.05, 0.1) is 11.4 Å². The van der Waals surface area contributed by atoms with Crippen molar-refractivity contribution < 1.29 is 0 Å². The summed E-state index contributed by atoms with van der Waals surface area (Å²) in [6.45, 7) is 4.31. The van der Waals surface area contributed by atoms with Gasteiger partial charge < -0.3 is 19.6 Å². The summed E-state index contributed by atoms with van der Waals surface area (Å²) in [6, 6.07) is 105. The molecule has 12 rings (SSSR count). The van der Waals surface area contributed by atoms with Crippen LogP contribution >= 0.6 is 0 Å². The molecule has 0 spiro atoms. The predicted octanol–water partition coefficient (Wildman–Crippen LogP) is 20.2. The highest BCUT2D eigenvalue weighted by Gasteiger charge is 2.20. The van der Waals surface area contributed by atoms with Gasteiger partial charge in [0, 0.05) is 67.6 Å². The maximum atomic E-state index is 2.35. The van der Waals surface area contributed by atoms with Gasteiger partial charge in [-0.3, -0.25) is 0 Å². The van der Waals surface area contributed by atoms with E-state index < -0.39 is 0 Å². The standard InChI is InChI=1S/C70H54N4/c1-51-17-13-27-65(49-51)71(61-41-45-63(46-42-61)73(57-23-5-3-6-24-57)69-31-15-21-55-19-9-11-29-67(55)69)59-37-33-53(34-38-59)54-35-39-60(40-36-54)72(66-28-14-18-52(2)50-66)62-43-47-64(48-44-62)74(58-25-7-4-8-26-58)70-32-16-22-56-20-10-12-30-68(56)70/h3-50H,1-2H3. The summed E-state index contributed by atoms with van der Waals surface area (Å²) >= 11 is 0. The average Bonchev–Trinajstić information content (AvgIpc) is 3.46. The fraction of sp³-hybridized carbons (Fsp3) is 0.0286. The van der Waals surface area contributed by atoms with E-state index in [-0.39, 0.29) is 0 Å². The summed E-state index contributed by atoms with van der Waals surface area (Å²) in [7, 11) is 0. The summed E-state index contributed by atoms with van der Waals surface area (Å²) in [5.74, 6) is 0. The van der Waals surface area contributed by atoms with E-state index in [1.807, 2.05) is 0 Å². The van der Waals surface area contributed by atoms with Crippen LogP contribution in [0.15, 0.2) is 291 Å². The van der Waals surface area contributed by atoms with E-state index in [9.17, 15) is 0 Å². The zero-order valence-corrected chi connectivity index (χ0v) is 41.5. The zero-order chi connectivity index (χ0) is 49.8. The Morgan fingerprint density at radius 3 is 0.838 bits per heavy atom. The SMILES string of the molecule is Cc1cccc(N(c2ccc(-c3ccc(N(c4ccc(N(c5ccccc5)c5cccc6ccccc56)cc4)c4cccc(C)c4)cc3)cc2)c2ccc(N(c3ccccc3)c3cccc4ccccc34)cc2)c1. The number of rotatable bonds is 13. The molecule has 0 unspecified atom stereocenters. The molecule has 0 aliphatic rings. The third kappa shape index (κ3) is 9.13. The Balaban J connectivity index is 0.856. The number of aryl methyl sites for hydroxylation is 2.